The lowest BCUT2D eigenvalue weighted by molar-refractivity contribution is -0.114. The van der Waals surface area contributed by atoms with E-state index < -0.39 is 72.3 Å². The number of likely N-dealkylation sites (N-methyl/N-ethyl adjacent to an activating group) is 1. The number of halogens is 1. The Morgan fingerprint density at radius 1 is 1.39 bits per heavy atom. The predicted molar refractivity (Wildman–Crippen MR) is 128 cm³/mol. The molecule has 0 aliphatic heterocycles. The molecule has 33 heavy (non-hydrogen) atoms. The summed E-state index contributed by atoms with van der Waals surface area (Å²) in [6, 6.07) is -1.27. The highest BCUT2D eigenvalue weighted by atomic mass is 19.1. The molecule has 2 aromatic carbocycles. The van der Waals surface area contributed by atoms with Crippen LogP contribution in [0.5, 0.6) is 5.75 Å². The van der Waals surface area contributed by atoms with Crippen LogP contribution in [0.1, 0.15) is 34.6 Å². The molecule has 7 heteroatoms. The molecular weight excluding hydrogens is 419 g/mol. The summed E-state index contributed by atoms with van der Waals surface area (Å²) in [5.74, 6) is -2.00. The zero-order chi connectivity index (χ0) is 31.0. The van der Waals surface area contributed by atoms with E-state index in [1.54, 1.807) is 26.2 Å². The third kappa shape index (κ3) is 5.93. The number of rotatable bonds is 9. The molecule has 0 radical (unpaired) electrons. The van der Waals surface area contributed by atoms with Gasteiger partial charge >= 0.3 is 0 Å². The minimum Gasteiger partial charge on any atom is -0.494 e. The van der Waals surface area contributed by atoms with Crippen LogP contribution in [-0.2, 0) is 11.2 Å². The number of aromatic nitrogens is 1. The summed E-state index contributed by atoms with van der Waals surface area (Å²) in [5, 5.41) is 12.3. The smallest absolute Gasteiger partial charge is 0.159 e. The van der Waals surface area contributed by atoms with E-state index in [1.165, 1.54) is 13.0 Å². The predicted octanol–water partition coefficient (Wildman–Crippen LogP) is 4.93. The van der Waals surface area contributed by atoms with Crippen LogP contribution in [0.4, 0.5) is 15.8 Å². The maximum atomic E-state index is 14.4. The fourth-order valence-corrected chi connectivity index (χ4v) is 2.89. The molecular formula is C26H27FN4O2. The zero-order valence-corrected chi connectivity index (χ0v) is 18.6. The normalized spacial score (nSPS) is 15.1. The fraction of sp³-hybridized carbons (Fsp3) is 0.269. The van der Waals surface area contributed by atoms with Gasteiger partial charge in [-0.15, -0.1) is 0 Å². The Balaban J connectivity index is 2.41. The van der Waals surface area contributed by atoms with Crippen molar-refractivity contribution in [3.8, 4) is 11.8 Å². The van der Waals surface area contributed by atoms with Crippen molar-refractivity contribution in [3.05, 3.63) is 71.0 Å². The lowest BCUT2D eigenvalue weighted by Crippen LogP contribution is -2.11. The topological polar surface area (TPSA) is 78.2 Å². The van der Waals surface area contributed by atoms with Crippen molar-refractivity contribution in [2.75, 3.05) is 32.5 Å². The lowest BCUT2D eigenvalue weighted by atomic mass is 10.0. The van der Waals surface area contributed by atoms with Crippen LogP contribution in [0, 0.1) is 24.1 Å². The lowest BCUT2D eigenvalue weighted by Gasteiger charge is -2.15. The molecule has 0 aliphatic rings. The Kier molecular flexibility index (Phi) is 4.91. The van der Waals surface area contributed by atoms with Crippen molar-refractivity contribution < 1.29 is 24.9 Å². The molecule has 3 aromatic rings. The number of hydrogen-bond acceptors (Lipinski definition) is 6. The van der Waals surface area contributed by atoms with Gasteiger partial charge in [0, 0.05) is 41.8 Å². The molecule has 170 valence electrons. The summed E-state index contributed by atoms with van der Waals surface area (Å²) >= 11 is 0. The van der Waals surface area contributed by atoms with Crippen LogP contribution in [0.2, 0.25) is 0 Å². The van der Waals surface area contributed by atoms with Crippen LogP contribution in [0.3, 0.4) is 0 Å². The van der Waals surface area contributed by atoms with Gasteiger partial charge < -0.3 is 15.0 Å². The summed E-state index contributed by atoms with van der Waals surface area (Å²) in [5.41, 5.74) is -1.90. The number of carbonyl (C=O) groups is 1. The third-order valence-corrected chi connectivity index (χ3v) is 4.43. The van der Waals surface area contributed by atoms with E-state index in [0.717, 1.165) is 6.92 Å². The number of allylic oxidation sites excluding steroid dienone is 1. The second-order valence-corrected chi connectivity index (χ2v) is 7.29. The van der Waals surface area contributed by atoms with Crippen molar-refractivity contribution in [1.82, 2.24) is 9.88 Å². The molecule has 1 N–H and O–H groups in total. The molecule has 0 saturated carbocycles. The Labute approximate surface area is 204 Å². The van der Waals surface area contributed by atoms with Gasteiger partial charge in [-0.25, -0.2) is 4.39 Å². The quantitative estimate of drug-likeness (QED) is 0.462. The molecule has 0 atom stereocenters. The van der Waals surface area contributed by atoms with Gasteiger partial charge in [0.2, 0.25) is 0 Å². The van der Waals surface area contributed by atoms with Gasteiger partial charge in [-0.1, -0.05) is 6.08 Å². The number of nitrogens with one attached hydrogen (secondary N) is 1. The summed E-state index contributed by atoms with van der Waals surface area (Å²) in [7, 11) is 3.60. The van der Waals surface area contributed by atoms with Gasteiger partial charge in [-0.2, -0.15) is 5.26 Å². The molecule has 0 unspecified atom stereocenters. The highest BCUT2D eigenvalue weighted by Gasteiger charge is 2.16. The van der Waals surface area contributed by atoms with Crippen molar-refractivity contribution in [2.45, 2.75) is 20.3 Å². The molecule has 6 nitrogen and oxygen atoms in total. The standard InChI is InChI=1S/C26H27FN4O2/c1-5-33-25-14-24-22(13-18(25)12-21(32)7-6-10-31(3)4)26(19(15-28)16-29-24)30-20-8-9-23(27)17(2)11-20/h6-9,11,13-14,16H,5,10,12H2,1-4H3,(H,29,30)/b7-6+/i5D2,8D,9D,11D,13D,14D,16D. The average Bonchev–Trinajstić information content (AvgIpc) is 2.88. The number of carbonyl (C=O) groups excluding carboxylic acids is 1. The molecule has 0 saturated heterocycles. The molecule has 1 heterocycles. The van der Waals surface area contributed by atoms with Gasteiger partial charge in [0.25, 0.3) is 0 Å². The SMILES string of the molecule is [2H]c1nc2c([2H])c(OC([2H])([2H])C)c(CC(=O)/C=C/CN(C)C)c([2H])c2c(Nc2c([2H])c([2H])c(F)c(C)c2[2H])c1C#N. The molecule has 0 spiro atoms. The molecule has 3 rings (SSSR count). The molecule has 0 bridgehead atoms. The Hall–Kier alpha value is -3.76. The first-order valence-corrected chi connectivity index (χ1v) is 9.92. The number of benzene rings is 2. The summed E-state index contributed by atoms with van der Waals surface area (Å²) in [6.07, 6.45) is 1.74. The second-order valence-electron chi connectivity index (χ2n) is 7.29. The van der Waals surface area contributed by atoms with E-state index in [2.05, 4.69) is 10.3 Å². The van der Waals surface area contributed by atoms with Crippen LogP contribution in [-0.4, -0.2) is 42.9 Å². The number of ketones is 1. The fourth-order valence-electron chi connectivity index (χ4n) is 2.89. The third-order valence-electron chi connectivity index (χ3n) is 4.43. The minimum absolute atomic E-state index is 0.187. The van der Waals surface area contributed by atoms with Crippen LogP contribution < -0.4 is 10.1 Å². The molecule has 0 aliphatic carbocycles. The van der Waals surface area contributed by atoms with Crippen molar-refractivity contribution in [3.63, 3.8) is 0 Å². The zero-order valence-electron chi connectivity index (χ0n) is 26.6. The molecule has 0 fully saturated rings. The van der Waals surface area contributed by atoms with Crippen LogP contribution >= 0.6 is 0 Å². The largest absolute Gasteiger partial charge is 0.494 e. The molecule has 0 amide bonds. The van der Waals surface area contributed by atoms with Crippen LogP contribution in [0.15, 0.2) is 48.5 Å². The highest BCUT2D eigenvalue weighted by molar-refractivity contribution is 5.98. The maximum Gasteiger partial charge on any atom is 0.159 e. The minimum atomic E-state index is -2.33. The van der Waals surface area contributed by atoms with E-state index in [4.69, 9.17) is 15.7 Å². The number of hydrogen-bond donors (Lipinski definition) is 1. The van der Waals surface area contributed by atoms with Gasteiger partial charge in [0.05, 0.1) is 34.3 Å². The van der Waals surface area contributed by atoms with E-state index in [1.807, 2.05) is 4.90 Å². The van der Waals surface area contributed by atoms with E-state index >= 15 is 0 Å². The van der Waals surface area contributed by atoms with Crippen molar-refractivity contribution in [2.24, 2.45) is 0 Å². The number of anilines is 2. The summed E-state index contributed by atoms with van der Waals surface area (Å²) in [6.45, 7) is 0.415. The van der Waals surface area contributed by atoms with Crippen LogP contribution in [0.25, 0.3) is 10.9 Å². The van der Waals surface area contributed by atoms with Gasteiger partial charge in [0.1, 0.15) is 17.6 Å². The highest BCUT2D eigenvalue weighted by Crippen LogP contribution is 2.34. The average molecular weight is 455 g/mol. The first-order chi connectivity index (χ1) is 19.0. The first-order valence-electron chi connectivity index (χ1n) is 13.9. The molecule has 1 aromatic heterocycles. The van der Waals surface area contributed by atoms with E-state index in [0.29, 0.717) is 6.54 Å². The van der Waals surface area contributed by atoms with Gasteiger partial charge in [-0.05, 0) is 63.8 Å². The van der Waals surface area contributed by atoms with E-state index in [9.17, 15) is 14.4 Å². The number of pyridine rings is 1. The van der Waals surface area contributed by atoms with Crippen molar-refractivity contribution in [1.29, 1.82) is 5.26 Å². The number of nitriles is 1. The Morgan fingerprint density at radius 2 is 2.18 bits per heavy atom. The monoisotopic (exact) mass is 454 g/mol. The second kappa shape index (κ2) is 10.7. The first kappa shape index (κ1) is 15.1. The summed E-state index contributed by atoms with van der Waals surface area (Å²) in [4.78, 5) is 18.6. The maximum absolute atomic E-state index is 14.4. The van der Waals surface area contributed by atoms with Gasteiger partial charge in [-0.3, -0.25) is 9.78 Å². The Morgan fingerprint density at radius 3 is 2.88 bits per heavy atom. The summed E-state index contributed by atoms with van der Waals surface area (Å²) < 4.78 is 85.9. The Bertz CT molecular complexity index is 1600. The number of ether oxygens (including phenoxy) is 1. The van der Waals surface area contributed by atoms with Crippen molar-refractivity contribution >= 4 is 28.1 Å². The van der Waals surface area contributed by atoms with E-state index in [-0.39, 0.29) is 33.4 Å². The number of fused-ring (bicyclic) bond motifs is 1. The number of nitrogens with zero attached hydrogens (tertiary/aromatic N) is 3. The van der Waals surface area contributed by atoms with Gasteiger partial charge in [0.15, 0.2) is 5.78 Å².